The quantitative estimate of drug-likeness (QED) is 0.276. The number of fused-ring (bicyclic) bond motifs is 1. The van der Waals surface area contributed by atoms with Crippen molar-refractivity contribution in [2.24, 2.45) is 5.11 Å². The average Bonchev–Trinajstić information content (AvgIpc) is 2.84. The molecule has 1 aliphatic heterocycles. The fourth-order valence-corrected chi connectivity index (χ4v) is 2.79. The van der Waals surface area contributed by atoms with E-state index < -0.39 is 5.97 Å². The Morgan fingerprint density at radius 1 is 1.61 bits per heavy atom. The van der Waals surface area contributed by atoms with Gasteiger partial charge in [0.1, 0.15) is 5.70 Å². The number of benzene rings is 1. The van der Waals surface area contributed by atoms with Crippen molar-refractivity contribution in [2.75, 3.05) is 12.9 Å². The Morgan fingerprint density at radius 2 is 2.44 bits per heavy atom. The molecule has 0 aliphatic carbocycles. The first-order valence-electron chi connectivity index (χ1n) is 5.35. The van der Waals surface area contributed by atoms with Crippen molar-refractivity contribution in [3.63, 3.8) is 0 Å². The lowest BCUT2D eigenvalue weighted by molar-refractivity contribution is -0.136. The Kier molecular flexibility index (Phi) is 3.92. The molecule has 1 heterocycles. The number of ether oxygens (including phenoxy) is 1. The van der Waals surface area contributed by atoms with E-state index in [1.54, 1.807) is 0 Å². The summed E-state index contributed by atoms with van der Waals surface area (Å²) >= 11 is 1.82. The van der Waals surface area contributed by atoms with Crippen LogP contribution in [0.3, 0.4) is 0 Å². The fourth-order valence-electron chi connectivity index (χ4n) is 1.74. The molecule has 6 heteroatoms. The number of carbonyl (C=O) groups excluding carboxylic acids is 1. The van der Waals surface area contributed by atoms with Crippen LogP contribution in [0.2, 0.25) is 0 Å². The highest BCUT2D eigenvalue weighted by Gasteiger charge is 2.12. The van der Waals surface area contributed by atoms with Gasteiger partial charge in [0.2, 0.25) is 0 Å². The van der Waals surface area contributed by atoms with E-state index in [1.165, 1.54) is 23.6 Å². The van der Waals surface area contributed by atoms with Gasteiger partial charge in [0, 0.05) is 15.6 Å². The van der Waals surface area contributed by atoms with E-state index >= 15 is 0 Å². The summed E-state index contributed by atoms with van der Waals surface area (Å²) in [5.41, 5.74) is 10.5. The molecule has 0 radical (unpaired) electrons. The van der Waals surface area contributed by atoms with Gasteiger partial charge in [-0.1, -0.05) is 17.2 Å². The lowest BCUT2D eigenvalue weighted by atomic mass is 10.1. The summed E-state index contributed by atoms with van der Waals surface area (Å²) < 4.78 is 4.55. The Hall–Kier alpha value is -1.91. The van der Waals surface area contributed by atoms with Crippen molar-refractivity contribution < 1.29 is 9.53 Å². The molecule has 0 unspecified atom stereocenters. The smallest absolute Gasteiger partial charge is 0.340 e. The van der Waals surface area contributed by atoms with Crippen LogP contribution in [0.25, 0.3) is 16.5 Å². The topological polar surface area (TPSA) is 75.1 Å². The highest BCUT2D eigenvalue weighted by atomic mass is 32.2. The van der Waals surface area contributed by atoms with E-state index in [9.17, 15) is 4.79 Å². The third-order valence-corrected chi connectivity index (χ3v) is 3.68. The SMILES string of the molecule is COC(=O)C(=Cc1ccc2c(c1)CCS2)N=[N+]=[N-]. The molecule has 92 valence electrons. The maximum Gasteiger partial charge on any atom is 0.340 e. The van der Waals surface area contributed by atoms with E-state index in [4.69, 9.17) is 5.53 Å². The number of carbonyl (C=O) groups is 1. The van der Waals surface area contributed by atoms with Gasteiger partial charge >= 0.3 is 5.97 Å². The Morgan fingerprint density at radius 3 is 3.17 bits per heavy atom. The maximum atomic E-state index is 11.4. The van der Waals surface area contributed by atoms with Gasteiger partial charge in [0.25, 0.3) is 0 Å². The fraction of sp³-hybridized carbons (Fsp3) is 0.250. The van der Waals surface area contributed by atoms with Gasteiger partial charge < -0.3 is 4.74 Å². The average molecular weight is 261 g/mol. The minimum absolute atomic E-state index is 0.0365. The third kappa shape index (κ3) is 2.67. The number of methoxy groups -OCH3 is 1. The van der Waals surface area contributed by atoms with Crippen molar-refractivity contribution in [3.8, 4) is 0 Å². The Bertz CT molecular complexity index is 562. The first-order chi connectivity index (χ1) is 8.74. The van der Waals surface area contributed by atoms with Crippen molar-refractivity contribution in [1.29, 1.82) is 0 Å². The zero-order chi connectivity index (χ0) is 13.0. The molecule has 18 heavy (non-hydrogen) atoms. The molecule has 2 rings (SSSR count). The van der Waals surface area contributed by atoms with Gasteiger partial charge in [-0.25, -0.2) is 4.79 Å². The molecular weight excluding hydrogens is 250 g/mol. The van der Waals surface area contributed by atoms with Crippen molar-refractivity contribution in [1.82, 2.24) is 0 Å². The molecule has 0 amide bonds. The first kappa shape index (κ1) is 12.5. The molecule has 0 bridgehead atoms. The van der Waals surface area contributed by atoms with Gasteiger partial charge in [-0.05, 0) is 35.2 Å². The van der Waals surface area contributed by atoms with Crippen LogP contribution in [0.4, 0.5) is 0 Å². The van der Waals surface area contributed by atoms with Crippen LogP contribution in [0.1, 0.15) is 11.1 Å². The second kappa shape index (κ2) is 5.62. The molecule has 0 saturated carbocycles. The maximum absolute atomic E-state index is 11.4. The third-order valence-electron chi connectivity index (χ3n) is 2.56. The predicted octanol–water partition coefficient (Wildman–Crippen LogP) is 3.16. The largest absolute Gasteiger partial charge is 0.466 e. The highest BCUT2D eigenvalue weighted by Crippen LogP contribution is 2.32. The van der Waals surface area contributed by atoms with Crippen molar-refractivity contribution in [2.45, 2.75) is 11.3 Å². The van der Waals surface area contributed by atoms with Gasteiger partial charge in [-0.2, -0.15) is 0 Å². The molecule has 5 nitrogen and oxygen atoms in total. The number of hydrogen-bond donors (Lipinski definition) is 0. The highest BCUT2D eigenvalue weighted by molar-refractivity contribution is 7.99. The Labute approximate surface area is 108 Å². The van der Waals surface area contributed by atoms with E-state index in [0.717, 1.165) is 17.7 Å². The van der Waals surface area contributed by atoms with E-state index in [2.05, 4.69) is 14.8 Å². The van der Waals surface area contributed by atoms with Crippen LogP contribution in [0.15, 0.2) is 33.9 Å². The molecule has 0 atom stereocenters. The molecule has 0 saturated heterocycles. The Balaban J connectivity index is 2.35. The second-order valence-corrected chi connectivity index (χ2v) is 4.81. The van der Waals surface area contributed by atoms with Crippen LogP contribution >= 0.6 is 11.8 Å². The summed E-state index contributed by atoms with van der Waals surface area (Å²) in [6, 6.07) is 5.92. The summed E-state index contributed by atoms with van der Waals surface area (Å²) in [6.07, 6.45) is 2.56. The monoisotopic (exact) mass is 261 g/mol. The number of rotatable bonds is 3. The van der Waals surface area contributed by atoms with Crippen LogP contribution in [0, 0.1) is 0 Å². The zero-order valence-corrected chi connectivity index (χ0v) is 10.6. The number of esters is 1. The van der Waals surface area contributed by atoms with Crippen LogP contribution < -0.4 is 0 Å². The number of nitrogens with zero attached hydrogens (tertiary/aromatic N) is 3. The lowest BCUT2D eigenvalue weighted by Crippen LogP contribution is -2.01. The zero-order valence-electron chi connectivity index (χ0n) is 9.79. The summed E-state index contributed by atoms with van der Waals surface area (Å²) in [5, 5.41) is 3.35. The van der Waals surface area contributed by atoms with E-state index in [0.29, 0.717) is 0 Å². The van der Waals surface area contributed by atoms with Gasteiger partial charge in [-0.15, -0.1) is 11.8 Å². The molecule has 1 aromatic rings. The minimum Gasteiger partial charge on any atom is -0.466 e. The molecule has 0 spiro atoms. The molecule has 1 aromatic carbocycles. The molecule has 0 fully saturated rings. The lowest BCUT2D eigenvalue weighted by Gasteiger charge is -2.02. The van der Waals surface area contributed by atoms with Crippen LogP contribution in [-0.2, 0) is 16.0 Å². The van der Waals surface area contributed by atoms with Crippen molar-refractivity contribution >= 4 is 23.8 Å². The summed E-state index contributed by atoms with van der Waals surface area (Å²) in [5.74, 6) is 0.450. The van der Waals surface area contributed by atoms with Gasteiger partial charge in [0.05, 0.1) is 7.11 Å². The van der Waals surface area contributed by atoms with Crippen molar-refractivity contribution in [3.05, 3.63) is 45.5 Å². The van der Waals surface area contributed by atoms with Gasteiger partial charge in [-0.3, -0.25) is 0 Å². The van der Waals surface area contributed by atoms with Gasteiger partial charge in [0.15, 0.2) is 0 Å². The number of azide groups is 1. The number of thioether (sulfide) groups is 1. The predicted molar refractivity (Wildman–Crippen MR) is 70.0 cm³/mol. The summed E-state index contributed by atoms with van der Waals surface area (Å²) in [6.45, 7) is 0. The summed E-state index contributed by atoms with van der Waals surface area (Å²) in [4.78, 5) is 15.3. The second-order valence-electron chi connectivity index (χ2n) is 3.68. The van der Waals surface area contributed by atoms with E-state index in [-0.39, 0.29) is 5.70 Å². The standard InChI is InChI=1S/C12H11N3O2S/c1-17-12(16)10(14-15-13)7-8-2-3-11-9(6-8)4-5-18-11/h2-3,6-7H,4-5H2,1H3. The van der Waals surface area contributed by atoms with Crippen LogP contribution in [0.5, 0.6) is 0 Å². The number of aryl methyl sites for hydroxylation is 1. The molecular formula is C12H11N3O2S. The minimum atomic E-state index is -0.636. The molecule has 1 aliphatic rings. The molecule has 0 aromatic heterocycles. The normalized spacial score (nSPS) is 13.7. The summed E-state index contributed by atoms with van der Waals surface area (Å²) in [7, 11) is 1.25. The van der Waals surface area contributed by atoms with Crippen LogP contribution in [-0.4, -0.2) is 18.8 Å². The van der Waals surface area contributed by atoms with E-state index in [1.807, 2.05) is 30.0 Å². The molecule has 0 N–H and O–H groups in total. The number of hydrogen-bond acceptors (Lipinski definition) is 4. The first-order valence-corrected chi connectivity index (χ1v) is 6.34.